The Morgan fingerprint density at radius 2 is 2.20 bits per heavy atom. The molecule has 2 N–H and O–H groups in total. The van der Waals surface area contributed by atoms with Gasteiger partial charge in [-0.05, 0) is 38.7 Å². The first kappa shape index (κ1) is 15.0. The second kappa shape index (κ2) is 6.35. The predicted molar refractivity (Wildman–Crippen MR) is 80.8 cm³/mol. The molecule has 1 atom stereocenters. The van der Waals surface area contributed by atoms with Crippen molar-refractivity contribution in [1.82, 2.24) is 19.7 Å². The average molecular weight is 294 g/mol. The molecule has 2 aromatic rings. The molecule has 0 fully saturated rings. The van der Waals surface area contributed by atoms with E-state index in [0.29, 0.717) is 5.02 Å². The van der Waals surface area contributed by atoms with Crippen LogP contribution in [-0.2, 0) is 6.54 Å². The van der Waals surface area contributed by atoms with E-state index in [0.717, 1.165) is 30.0 Å². The van der Waals surface area contributed by atoms with Crippen LogP contribution in [0.2, 0.25) is 5.02 Å². The Bertz CT molecular complexity index is 579. The molecule has 6 heteroatoms. The summed E-state index contributed by atoms with van der Waals surface area (Å²) in [5.41, 5.74) is 9.13. The maximum atomic E-state index is 6.35. The lowest BCUT2D eigenvalue weighted by atomic mass is 10.1. The molecular formula is C14H20ClN5. The van der Waals surface area contributed by atoms with Gasteiger partial charge in [-0.1, -0.05) is 11.6 Å². The number of hydrogen-bond donors (Lipinski definition) is 1. The lowest BCUT2D eigenvalue weighted by molar-refractivity contribution is 0.368. The monoisotopic (exact) mass is 293 g/mol. The topological polar surface area (TPSA) is 60.0 Å². The zero-order valence-corrected chi connectivity index (χ0v) is 12.8. The molecule has 2 heterocycles. The maximum absolute atomic E-state index is 6.35. The Hall–Kier alpha value is -1.43. The van der Waals surface area contributed by atoms with Crippen molar-refractivity contribution in [2.24, 2.45) is 5.73 Å². The molecule has 0 amide bonds. The van der Waals surface area contributed by atoms with Crippen molar-refractivity contribution in [2.75, 3.05) is 20.6 Å². The quantitative estimate of drug-likeness (QED) is 0.914. The van der Waals surface area contributed by atoms with Gasteiger partial charge in [-0.25, -0.2) is 0 Å². The van der Waals surface area contributed by atoms with Gasteiger partial charge in [0.15, 0.2) is 0 Å². The fraction of sp³-hybridized carbons (Fsp3) is 0.429. The minimum absolute atomic E-state index is 0.297. The van der Waals surface area contributed by atoms with Gasteiger partial charge in [0.1, 0.15) is 0 Å². The van der Waals surface area contributed by atoms with Gasteiger partial charge in [-0.2, -0.15) is 5.10 Å². The first-order valence-corrected chi connectivity index (χ1v) is 6.91. The van der Waals surface area contributed by atoms with Crippen LogP contribution in [-0.4, -0.2) is 40.3 Å². The molecule has 2 rings (SSSR count). The Labute approximate surface area is 124 Å². The number of aromatic nitrogens is 3. The lowest BCUT2D eigenvalue weighted by Crippen LogP contribution is -2.23. The van der Waals surface area contributed by atoms with Crippen molar-refractivity contribution < 1.29 is 0 Å². The zero-order chi connectivity index (χ0) is 14.7. The third-order valence-electron chi connectivity index (χ3n) is 3.17. The number of hydrogen-bond acceptors (Lipinski definition) is 4. The summed E-state index contributed by atoms with van der Waals surface area (Å²) in [6, 6.07) is 3.59. The molecule has 20 heavy (non-hydrogen) atoms. The predicted octanol–water partition coefficient (Wildman–Crippen LogP) is 1.85. The van der Waals surface area contributed by atoms with Gasteiger partial charge in [0.2, 0.25) is 0 Å². The number of nitrogens with two attached hydrogens (primary N) is 1. The standard InChI is InChI=1S/C14H20ClN5/c1-10-8-11(4-5-17-10)13(16)14-12(15)9-18-20(14)7-6-19(2)3/h4-5,8-9,13H,6-7,16H2,1-3H3. The van der Waals surface area contributed by atoms with Crippen molar-refractivity contribution in [3.8, 4) is 0 Å². The SMILES string of the molecule is Cc1cc(C(N)c2c(Cl)cnn2CCN(C)C)ccn1. The van der Waals surface area contributed by atoms with Crippen molar-refractivity contribution in [3.05, 3.63) is 46.5 Å². The summed E-state index contributed by atoms with van der Waals surface area (Å²) < 4.78 is 1.88. The maximum Gasteiger partial charge on any atom is 0.0837 e. The van der Waals surface area contributed by atoms with Gasteiger partial charge in [-0.15, -0.1) is 0 Å². The van der Waals surface area contributed by atoms with Crippen LogP contribution in [0.3, 0.4) is 0 Å². The molecule has 0 saturated heterocycles. The molecule has 0 radical (unpaired) electrons. The van der Waals surface area contributed by atoms with Crippen LogP contribution in [0.15, 0.2) is 24.5 Å². The first-order valence-electron chi connectivity index (χ1n) is 6.53. The van der Waals surface area contributed by atoms with E-state index in [9.17, 15) is 0 Å². The van der Waals surface area contributed by atoms with Crippen LogP contribution < -0.4 is 5.73 Å². The van der Waals surface area contributed by atoms with Gasteiger partial charge in [0.25, 0.3) is 0 Å². The van der Waals surface area contributed by atoms with E-state index in [1.54, 1.807) is 12.4 Å². The summed E-state index contributed by atoms with van der Waals surface area (Å²) in [5, 5.41) is 4.92. The number of nitrogens with zero attached hydrogens (tertiary/aromatic N) is 4. The molecule has 0 aliphatic heterocycles. The lowest BCUT2D eigenvalue weighted by Gasteiger charge is -2.17. The Balaban J connectivity index is 2.29. The molecule has 2 aromatic heterocycles. The number of likely N-dealkylation sites (N-methyl/N-ethyl adjacent to an activating group) is 1. The Kier molecular flexibility index (Phi) is 4.75. The molecule has 0 aliphatic rings. The highest BCUT2D eigenvalue weighted by Crippen LogP contribution is 2.26. The highest BCUT2D eigenvalue weighted by molar-refractivity contribution is 6.31. The van der Waals surface area contributed by atoms with E-state index in [2.05, 4.69) is 15.0 Å². The number of pyridine rings is 1. The molecule has 0 aliphatic carbocycles. The van der Waals surface area contributed by atoms with Crippen LogP contribution in [0, 0.1) is 6.92 Å². The first-order chi connectivity index (χ1) is 9.49. The van der Waals surface area contributed by atoms with Crippen molar-refractivity contribution in [3.63, 3.8) is 0 Å². The zero-order valence-electron chi connectivity index (χ0n) is 12.0. The average Bonchev–Trinajstić information content (AvgIpc) is 2.76. The van der Waals surface area contributed by atoms with E-state index in [4.69, 9.17) is 17.3 Å². The van der Waals surface area contributed by atoms with E-state index < -0.39 is 0 Å². The summed E-state index contributed by atoms with van der Waals surface area (Å²) in [5.74, 6) is 0. The fourth-order valence-electron chi connectivity index (χ4n) is 2.07. The Morgan fingerprint density at radius 1 is 1.45 bits per heavy atom. The molecule has 5 nitrogen and oxygen atoms in total. The highest BCUT2D eigenvalue weighted by Gasteiger charge is 2.18. The summed E-state index contributed by atoms with van der Waals surface area (Å²) in [7, 11) is 4.05. The van der Waals surface area contributed by atoms with Crippen molar-refractivity contribution in [1.29, 1.82) is 0 Å². The smallest absolute Gasteiger partial charge is 0.0837 e. The van der Waals surface area contributed by atoms with Gasteiger partial charge < -0.3 is 10.6 Å². The molecular weight excluding hydrogens is 274 g/mol. The molecule has 0 aromatic carbocycles. The molecule has 0 saturated carbocycles. The van der Waals surface area contributed by atoms with Crippen molar-refractivity contribution in [2.45, 2.75) is 19.5 Å². The summed E-state index contributed by atoms with van der Waals surface area (Å²) in [6.07, 6.45) is 3.42. The Morgan fingerprint density at radius 3 is 2.85 bits per heavy atom. The van der Waals surface area contributed by atoms with E-state index in [1.165, 1.54) is 0 Å². The van der Waals surface area contributed by atoms with Gasteiger partial charge in [0, 0.05) is 18.4 Å². The third kappa shape index (κ3) is 3.36. The number of aryl methyl sites for hydroxylation is 1. The number of halogens is 1. The molecule has 0 spiro atoms. The highest BCUT2D eigenvalue weighted by atomic mass is 35.5. The largest absolute Gasteiger partial charge is 0.319 e. The van der Waals surface area contributed by atoms with Crippen LogP contribution >= 0.6 is 11.6 Å². The minimum atomic E-state index is -0.297. The normalized spacial score (nSPS) is 12.9. The second-order valence-electron chi connectivity index (χ2n) is 5.11. The summed E-state index contributed by atoms with van der Waals surface area (Å²) >= 11 is 6.25. The number of rotatable bonds is 5. The van der Waals surface area contributed by atoms with Crippen LogP contribution in [0.25, 0.3) is 0 Å². The van der Waals surface area contributed by atoms with Gasteiger partial charge in [-0.3, -0.25) is 9.67 Å². The second-order valence-corrected chi connectivity index (χ2v) is 5.52. The minimum Gasteiger partial charge on any atom is -0.319 e. The van der Waals surface area contributed by atoms with E-state index in [-0.39, 0.29) is 6.04 Å². The van der Waals surface area contributed by atoms with Crippen LogP contribution in [0.1, 0.15) is 23.0 Å². The molecule has 1 unspecified atom stereocenters. The van der Waals surface area contributed by atoms with Crippen LogP contribution in [0.5, 0.6) is 0 Å². The van der Waals surface area contributed by atoms with E-state index in [1.807, 2.05) is 37.8 Å². The van der Waals surface area contributed by atoms with E-state index >= 15 is 0 Å². The van der Waals surface area contributed by atoms with Crippen LogP contribution in [0.4, 0.5) is 0 Å². The fourth-order valence-corrected chi connectivity index (χ4v) is 2.33. The summed E-state index contributed by atoms with van der Waals surface area (Å²) in [4.78, 5) is 6.29. The van der Waals surface area contributed by atoms with Gasteiger partial charge >= 0.3 is 0 Å². The van der Waals surface area contributed by atoms with Gasteiger partial charge in [0.05, 0.1) is 29.5 Å². The molecule has 0 bridgehead atoms. The van der Waals surface area contributed by atoms with Crippen molar-refractivity contribution >= 4 is 11.6 Å². The summed E-state index contributed by atoms with van der Waals surface area (Å²) in [6.45, 7) is 3.58. The third-order valence-corrected chi connectivity index (χ3v) is 3.46. The molecule has 108 valence electrons.